The van der Waals surface area contributed by atoms with E-state index in [-0.39, 0.29) is 22.7 Å². The number of fused-ring (bicyclic) bond motifs is 1. The summed E-state index contributed by atoms with van der Waals surface area (Å²) in [6.07, 6.45) is 8.15. The number of aromatic nitrogens is 2. The predicted molar refractivity (Wildman–Crippen MR) is 125 cm³/mol. The molecule has 0 unspecified atom stereocenters. The van der Waals surface area contributed by atoms with Crippen LogP contribution < -0.4 is 15.5 Å². The zero-order valence-electron chi connectivity index (χ0n) is 18.7. The third-order valence-corrected chi connectivity index (χ3v) is 7.72. The number of hydrogen-bond acceptors (Lipinski definition) is 7. The van der Waals surface area contributed by atoms with Gasteiger partial charge < -0.3 is 10.6 Å². The normalized spacial score (nSPS) is 16.9. The van der Waals surface area contributed by atoms with Gasteiger partial charge in [-0.05, 0) is 62.9 Å². The van der Waals surface area contributed by atoms with E-state index >= 15 is 0 Å². The molecule has 32 heavy (non-hydrogen) atoms. The van der Waals surface area contributed by atoms with Crippen molar-refractivity contribution < 1.29 is 13.2 Å². The lowest BCUT2D eigenvalue weighted by Gasteiger charge is -2.33. The van der Waals surface area contributed by atoms with Crippen LogP contribution in [0.3, 0.4) is 0 Å². The Morgan fingerprint density at radius 2 is 1.97 bits per heavy atom. The number of aryl methyl sites for hydroxylation is 2. The van der Waals surface area contributed by atoms with E-state index in [1.165, 1.54) is 0 Å². The van der Waals surface area contributed by atoms with Gasteiger partial charge in [-0.15, -0.1) is 0 Å². The van der Waals surface area contributed by atoms with Gasteiger partial charge in [0.25, 0.3) is 0 Å². The van der Waals surface area contributed by atoms with Crippen molar-refractivity contribution in [3.05, 3.63) is 35.5 Å². The van der Waals surface area contributed by atoms with Gasteiger partial charge in [0.05, 0.1) is 4.90 Å². The molecular weight excluding hydrogens is 426 g/mol. The number of anilines is 3. The van der Waals surface area contributed by atoms with Crippen LogP contribution in [0, 0.1) is 6.92 Å². The van der Waals surface area contributed by atoms with Crippen molar-refractivity contribution in [3.8, 4) is 0 Å². The largest absolute Gasteiger partial charge is 0.324 e. The SMILES string of the molecule is CCCNCS(=O)(=O)c1ccc(Nc2ncc3c(n2)N(C2CCCC2)C(=O)CC3)c(C)c1. The number of carbonyl (C=O) groups is 1. The molecule has 0 bridgehead atoms. The van der Waals surface area contributed by atoms with Gasteiger partial charge in [-0.2, -0.15) is 4.98 Å². The van der Waals surface area contributed by atoms with Gasteiger partial charge in [0.1, 0.15) is 11.7 Å². The average molecular weight is 458 g/mol. The first-order chi connectivity index (χ1) is 15.4. The number of amides is 1. The highest BCUT2D eigenvalue weighted by Crippen LogP contribution is 2.34. The summed E-state index contributed by atoms with van der Waals surface area (Å²) in [5.41, 5.74) is 2.52. The summed E-state index contributed by atoms with van der Waals surface area (Å²) >= 11 is 0. The maximum absolute atomic E-state index is 12.7. The van der Waals surface area contributed by atoms with Gasteiger partial charge in [0.2, 0.25) is 11.9 Å². The summed E-state index contributed by atoms with van der Waals surface area (Å²) in [6.45, 7) is 4.51. The Hall–Kier alpha value is -2.52. The lowest BCUT2D eigenvalue weighted by Crippen LogP contribution is -2.42. The van der Waals surface area contributed by atoms with Crippen molar-refractivity contribution in [2.45, 2.75) is 69.7 Å². The summed E-state index contributed by atoms with van der Waals surface area (Å²) in [6, 6.07) is 5.23. The Kier molecular flexibility index (Phi) is 6.76. The molecule has 2 N–H and O–H groups in total. The Morgan fingerprint density at radius 3 is 2.69 bits per heavy atom. The molecular formula is C23H31N5O3S. The van der Waals surface area contributed by atoms with Gasteiger partial charge >= 0.3 is 0 Å². The average Bonchev–Trinajstić information content (AvgIpc) is 3.29. The molecule has 1 amide bonds. The van der Waals surface area contributed by atoms with E-state index in [4.69, 9.17) is 4.98 Å². The molecule has 1 aromatic carbocycles. The van der Waals surface area contributed by atoms with Gasteiger partial charge in [0, 0.05) is 29.9 Å². The molecule has 0 saturated heterocycles. The second-order valence-electron chi connectivity index (χ2n) is 8.61. The molecule has 1 aliphatic carbocycles. The molecule has 4 rings (SSSR count). The number of nitrogens with zero attached hydrogens (tertiary/aromatic N) is 3. The second-order valence-corrected chi connectivity index (χ2v) is 10.6. The van der Waals surface area contributed by atoms with Gasteiger partial charge in [-0.25, -0.2) is 13.4 Å². The van der Waals surface area contributed by atoms with Crippen LogP contribution >= 0.6 is 0 Å². The molecule has 2 aliphatic rings. The van der Waals surface area contributed by atoms with Crippen molar-refractivity contribution in [1.29, 1.82) is 0 Å². The smallest absolute Gasteiger partial charge is 0.229 e. The molecule has 0 atom stereocenters. The van der Waals surface area contributed by atoms with Crippen molar-refractivity contribution in [2.24, 2.45) is 0 Å². The number of benzene rings is 1. The molecule has 2 aromatic rings. The summed E-state index contributed by atoms with van der Waals surface area (Å²) < 4.78 is 25.1. The van der Waals surface area contributed by atoms with Crippen molar-refractivity contribution in [1.82, 2.24) is 15.3 Å². The third-order valence-electron chi connectivity index (χ3n) is 6.16. The number of rotatable bonds is 8. The van der Waals surface area contributed by atoms with E-state index < -0.39 is 9.84 Å². The molecule has 8 nitrogen and oxygen atoms in total. The highest BCUT2D eigenvalue weighted by molar-refractivity contribution is 7.91. The Labute approximate surface area is 189 Å². The third kappa shape index (κ3) is 4.78. The monoisotopic (exact) mass is 457 g/mol. The van der Waals surface area contributed by atoms with E-state index in [1.54, 1.807) is 24.4 Å². The predicted octanol–water partition coefficient (Wildman–Crippen LogP) is 3.48. The summed E-state index contributed by atoms with van der Waals surface area (Å²) in [5, 5.41) is 6.16. The first-order valence-electron chi connectivity index (χ1n) is 11.4. The van der Waals surface area contributed by atoms with E-state index in [0.29, 0.717) is 31.2 Å². The Bertz CT molecular complexity index is 1100. The summed E-state index contributed by atoms with van der Waals surface area (Å²) in [7, 11) is -3.39. The quantitative estimate of drug-likeness (QED) is 0.585. The van der Waals surface area contributed by atoms with Crippen LogP contribution in [-0.4, -0.2) is 42.8 Å². The Balaban J connectivity index is 1.55. The molecule has 2 heterocycles. The van der Waals surface area contributed by atoms with Crippen LogP contribution in [0.15, 0.2) is 29.3 Å². The minimum Gasteiger partial charge on any atom is -0.324 e. The molecule has 1 aromatic heterocycles. The molecule has 9 heteroatoms. The minimum atomic E-state index is -3.39. The number of carbonyl (C=O) groups excluding carboxylic acids is 1. The number of hydrogen-bond donors (Lipinski definition) is 2. The molecule has 1 fully saturated rings. The van der Waals surface area contributed by atoms with Crippen molar-refractivity contribution in [2.75, 3.05) is 22.6 Å². The lowest BCUT2D eigenvalue weighted by molar-refractivity contribution is -0.119. The standard InChI is InChI=1S/C23H31N5O3S/c1-3-12-24-15-32(30,31)19-9-10-20(16(2)13-19)26-23-25-14-17-8-11-21(29)28(22(17)27-23)18-6-4-5-7-18/h9-10,13-14,18,24H,3-8,11-12,15H2,1-2H3,(H,25,26,27). The second kappa shape index (κ2) is 9.54. The molecule has 172 valence electrons. The van der Waals surface area contributed by atoms with E-state index in [0.717, 1.165) is 48.9 Å². The van der Waals surface area contributed by atoms with Crippen molar-refractivity contribution in [3.63, 3.8) is 0 Å². The van der Waals surface area contributed by atoms with Crippen molar-refractivity contribution >= 4 is 33.2 Å². The van der Waals surface area contributed by atoms with Crippen LogP contribution in [0.2, 0.25) is 0 Å². The molecule has 0 spiro atoms. The number of nitrogens with one attached hydrogen (secondary N) is 2. The molecule has 0 radical (unpaired) electrons. The maximum Gasteiger partial charge on any atom is 0.229 e. The fourth-order valence-electron chi connectivity index (χ4n) is 4.42. The Morgan fingerprint density at radius 1 is 1.19 bits per heavy atom. The summed E-state index contributed by atoms with van der Waals surface area (Å²) in [4.78, 5) is 24.0. The molecule has 1 saturated carbocycles. The fourth-order valence-corrected chi connectivity index (χ4v) is 5.63. The fraction of sp³-hybridized carbons (Fsp3) is 0.522. The van der Waals surface area contributed by atoms with Gasteiger partial charge in [-0.3, -0.25) is 9.69 Å². The topological polar surface area (TPSA) is 104 Å². The number of sulfone groups is 1. The van der Waals surface area contributed by atoms with E-state index in [2.05, 4.69) is 15.6 Å². The van der Waals surface area contributed by atoms with Gasteiger partial charge in [-0.1, -0.05) is 19.8 Å². The first-order valence-corrected chi connectivity index (χ1v) is 13.0. The minimum absolute atomic E-state index is 0.0774. The zero-order chi connectivity index (χ0) is 22.7. The van der Waals surface area contributed by atoms with Crippen LogP contribution in [0.5, 0.6) is 0 Å². The van der Waals surface area contributed by atoms with Crippen LogP contribution in [0.25, 0.3) is 0 Å². The van der Waals surface area contributed by atoms with E-state index in [1.807, 2.05) is 18.7 Å². The molecule has 1 aliphatic heterocycles. The maximum atomic E-state index is 12.7. The van der Waals surface area contributed by atoms with Crippen LogP contribution in [0.4, 0.5) is 17.5 Å². The highest BCUT2D eigenvalue weighted by Gasteiger charge is 2.33. The van der Waals surface area contributed by atoms with E-state index in [9.17, 15) is 13.2 Å². The van der Waals surface area contributed by atoms with Crippen LogP contribution in [-0.2, 0) is 21.1 Å². The highest BCUT2D eigenvalue weighted by atomic mass is 32.2. The van der Waals surface area contributed by atoms with Crippen LogP contribution in [0.1, 0.15) is 56.6 Å². The van der Waals surface area contributed by atoms with Gasteiger partial charge in [0.15, 0.2) is 9.84 Å². The zero-order valence-corrected chi connectivity index (χ0v) is 19.5. The summed E-state index contributed by atoms with van der Waals surface area (Å²) in [5.74, 6) is 1.18. The lowest BCUT2D eigenvalue weighted by atomic mass is 10.0. The first kappa shape index (κ1) is 22.7.